The highest BCUT2D eigenvalue weighted by Gasteiger charge is 2.48. The monoisotopic (exact) mass is 1000 g/mol. The number of hydrogen-bond donors (Lipinski definition) is 5. The van der Waals surface area contributed by atoms with E-state index in [-0.39, 0.29) is 54.4 Å². The van der Waals surface area contributed by atoms with Crippen LogP contribution < -0.4 is 37.3 Å². The molecule has 2 aliphatic heterocycles. The third-order valence-electron chi connectivity index (χ3n) is 12.9. The van der Waals surface area contributed by atoms with Gasteiger partial charge in [-0.3, -0.25) is 44.2 Å². The Kier molecular flexibility index (Phi) is 15.3. The van der Waals surface area contributed by atoms with Crippen LogP contribution in [0.2, 0.25) is 0 Å². The van der Waals surface area contributed by atoms with Crippen molar-refractivity contribution in [1.29, 1.82) is 0 Å². The van der Waals surface area contributed by atoms with Crippen molar-refractivity contribution in [2.24, 2.45) is 23.1 Å². The Labute approximate surface area is 421 Å². The van der Waals surface area contributed by atoms with Crippen molar-refractivity contribution in [2.45, 2.75) is 92.1 Å². The number of methoxy groups -OCH3 is 1. The predicted octanol–water partition coefficient (Wildman–Crippen LogP) is 3.79. The second kappa shape index (κ2) is 21.6. The Morgan fingerprint density at radius 2 is 1.47 bits per heavy atom. The number of likely N-dealkylation sites (tertiary alicyclic amines) is 1. The lowest BCUT2D eigenvalue weighted by molar-refractivity contribution is -0.189. The minimum absolute atomic E-state index is 0.0380. The molecule has 8 rings (SSSR count). The van der Waals surface area contributed by atoms with Gasteiger partial charge in [0.05, 0.1) is 55.3 Å². The third kappa shape index (κ3) is 11.1. The fraction of sp³-hybridized carbons (Fsp3) is 0.460. The molecule has 0 radical (unpaired) electrons. The number of imidazole rings is 2. The van der Waals surface area contributed by atoms with E-state index in [2.05, 4.69) is 39.5 Å². The SMILES string of the molecule is CCc1nc(C)oc1C(=O)Nc1nc2cc(C(N)=O)cc(OCCCN3CC4(C3)CN(C(=O)[C@H](N)CC(C)C)CCO4)c2n1C/C=C/Cn1c(NC(=O)c2cc(C)nn2CC)nc2cc(C(N)=O)cc(OC)c21. The van der Waals surface area contributed by atoms with E-state index in [1.165, 1.54) is 25.3 Å². The van der Waals surface area contributed by atoms with Gasteiger partial charge in [0.25, 0.3) is 11.8 Å². The summed E-state index contributed by atoms with van der Waals surface area (Å²) in [6.45, 7) is 15.7. The van der Waals surface area contributed by atoms with Gasteiger partial charge in [-0.05, 0) is 69.4 Å². The molecule has 0 bridgehead atoms. The number of aromatic nitrogens is 7. The van der Waals surface area contributed by atoms with Crippen LogP contribution in [-0.2, 0) is 35.6 Å². The number of carbonyl (C=O) groups excluding carboxylic acids is 5. The molecule has 6 aromatic rings. The second-order valence-corrected chi connectivity index (χ2v) is 18.9. The molecule has 4 aromatic heterocycles. The van der Waals surface area contributed by atoms with E-state index in [1.54, 1.807) is 39.8 Å². The Morgan fingerprint density at radius 1 is 0.849 bits per heavy atom. The van der Waals surface area contributed by atoms with Crippen LogP contribution in [0.3, 0.4) is 0 Å². The highest BCUT2D eigenvalue weighted by Crippen LogP contribution is 2.34. The number of primary amides is 2. The summed E-state index contributed by atoms with van der Waals surface area (Å²) in [6, 6.07) is 7.27. The van der Waals surface area contributed by atoms with Crippen LogP contribution in [0.25, 0.3) is 22.1 Å². The van der Waals surface area contributed by atoms with Crippen LogP contribution in [0.1, 0.15) is 99.6 Å². The second-order valence-electron chi connectivity index (χ2n) is 18.9. The number of carbonyl (C=O) groups is 5. The predicted molar refractivity (Wildman–Crippen MR) is 271 cm³/mol. The van der Waals surface area contributed by atoms with Crippen molar-refractivity contribution in [3.05, 3.63) is 82.3 Å². The summed E-state index contributed by atoms with van der Waals surface area (Å²) < 4.78 is 29.2. The van der Waals surface area contributed by atoms with E-state index in [1.807, 2.05) is 30.9 Å². The van der Waals surface area contributed by atoms with Crippen molar-refractivity contribution in [3.63, 3.8) is 0 Å². The largest absolute Gasteiger partial charge is 0.494 e. The fourth-order valence-corrected chi connectivity index (χ4v) is 9.56. The Morgan fingerprint density at radius 3 is 2.05 bits per heavy atom. The summed E-state index contributed by atoms with van der Waals surface area (Å²) in [5, 5.41) is 10.2. The van der Waals surface area contributed by atoms with Crippen molar-refractivity contribution in [3.8, 4) is 11.5 Å². The maximum absolute atomic E-state index is 13.9. The number of oxazole rings is 1. The van der Waals surface area contributed by atoms with Crippen LogP contribution in [-0.4, -0.2) is 138 Å². The number of allylic oxidation sites excluding steroid dienone is 2. The molecule has 2 saturated heterocycles. The maximum Gasteiger partial charge on any atom is 0.295 e. The van der Waals surface area contributed by atoms with Gasteiger partial charge in [0.2, 0.25) is 35.4 Å². The summed E-state index contributed by atoms with van der Waals surface area (Å²) in [6.07, 6.45) is 5.33. The van der Waals surface area contributed by atoms with Gasteiger partial charge >= 0.3 is 0 Å². The summed E-state index contributed by atoms with van der Waals surface area (Å²) >= 11 is 0. The molecule has 1 spiro atoms. The lowest BCUT2D eigenvalue weighted by Crippen LogP contribution is -2.71. The molecule has 23 heteroatoms. The summed E-state index contributed by atoms with van der Waals surface area (Å²) in [5.41, 5.74) is 20.7. The zero-order valence-electron chi connectivity index (χ0n) is 42.3. The molecule has 2 fully saturated rings. The first-order valence-electron chi connectivity index (χ1n) is 24.4. The number of aryl methyl sites for hydroxylation is 4. The van der Waals surface area contributed by atoms with Crippen molar-refractivity contribution in [1.82, 2.24) is 43.7 Å². The number of anilines is 2. The minimum Gasteiger partial charge on any atom is -0.494 e. The molecule has 73 heavy (non-hydrogen) atoms. The summed E-state index contributed by atoms with van der Waals surface area (Å²) in [5.74, 6) is -0.891. The van der Waals surface area contributed by atoms with Gasteiger partial charge in [-0.25, -0.2) is 15.0 Å². The number of nitrogens with two attached hydrogens (primary N) is 3. The average molecular weight is 1010 g/mol. The highest BCUT2D eigenvalue weighted by atomic mass is 16.5. The van der Waals surface area contributed by atoms with Gasteiger partial charge in [-0.1, -0.05) is 32.9 Å². The number of fused-ring (bicyclic) bond motifs is 2. The number of amides is 5. The lowest BCUT2D eigenvalue weighted by atomic mass is 9.91. The molecule has 8 N–H and O–H groups in total. The standard InChI is InChI=1S/C50H64N14O9/c1-8-34-42(73-30(6)54-34)46(68)58-49-56-36-22-32(44(53)66)24-39(71-17-12-13-60-25-50(26-60)27-61(16-18-72-50)47(69)33(51)19-28(3)4)41(36)63(49)15-11-10-14-62-40-35(21-31(43(52)65)23-38(40)70-7)55-48(62)57-45(67)37-20-29(5)59-64(37)9-2/h10-11,20-24,28,33H,8-9,12-19,25-27,51H2,1-7H3,(H2,52,65)(H2,53,66)(H,55,57,67)(H,56,58,68)/b11-10+/t33-/m1/s1. The van der Waals surface area contributed by atoms with Gasteiger partial charge < -0.3 is 49.9 Å². The number of nitrogens with zero attached hydrogens (tertiary/aromatic N) is 9. The van der Waals surface area contributed by atoms with E-state index in [0.717, 1.165) is 0 Å². The number of hydrogen-bond acceptors (Lipinski definition) is 15. The molecule has 0 unspecified atom stereocenters. The fourth-order valence-electron chi connectivity index (χ4n) is 9.56. The van der Waals surface area contributed by atoms with E-state index in [9.17, 15) is 24.0 Å². The smallest absolute Gasteiger partial charge is 0.295 e. The van der Waals surface area contributed by atoms with E-state index >= 15 is 0 Å². The normalized spacial score (nSPS) is 15.1. The quantitative estimate of drug-likeness (QED) is 0.0506. The number of nitrogens with one attached hydrogen (secondary N) is 2. The lowest BCUT2D eigenvalue weighted by Gasteiger charge is -2.54. The zero-order valence-corrected chi connectivity index (χ0v) is 42.3. The number of rotatable bonds is 21. The van der Waals surface area contributed by atoms with Crippen LogP contribution in [0.5, 0.6) is 11.5 Å². The maximum atomic E-state index is 13.9. The number of benzene rings is 2. The van der Waals surface area contributed by atoms with Gasteiger partial charge in [-0.2, -0.15) is 5.10 Å². The van der Waals surface area contributed by atoms with Crippen LogP contribution in [0, 0.1) is 19.8 Å². The molecule has 2 aliphatic rings. The van der Waals surface area contributed by atoms with E-state index in [4.69, 9.17) is 45.8 Å². The van der Waals surface area contributed by atoms with Crippen molar-refractivity contribution >= 4 is 63.5 Å². The molecular weight excluding hydrogens is 941 g/mol. The van der Waals surface area contributed by atoms with Gasteiger partial charge in [0.15, 0.2) is 5.89 Å². The Hall–Kier alpha value is -7.63. The third-order valence-corrected chi connectivity index (χ3v) is 12.9. The Balaban J connectivity index is 1.06. The molecular formula is C50H64N14O9. The molecule has 388 valence electrons. The first kappa shape index (κ1) is 51.7. The molecule has 2 aromatic carbocycles. The Bertz CT molecular complexity index is 3100. The molecule has 0 saturated carbocycles. The van der Waals surface area contributed by atoms with Crippen LogP contribution in [0.4, 0.5) is 11.9 Å². The van der Waals surface area contributed by atoms with Crippen molar-refractivity contribution < 1.29 is 42.6 Å². The zero-order chi connectivity index (χ0) is 52.3. The van der Waals surface area contributed by atoms with Crippen LogP contribution in [0.15, 0.2) is 46.9 Å². The van der Waals surface area contributed by atoms with Crippen molar-refractivity contribution in [2.75, 3.05) is 63.7 Å². The minimum atomic E-state index is -0.698. The first-order chi connectivity index (χ1) is 34.9. The van der Waals surface area contributed by atoms with Gasteiger partial charge in [0, 0.05) is 63.9 Å². The molecule has 1 atom stereocenters. The van der Waals surface area contributed by atoms with E-state index in [0.29, 0.717) is 128 Å². The molecule has 23 nitrogen and oxygen atoms in total. The van der Waals surface area contributed by atoms with Crippen LogP contribution >= 0.6 is 0 Å². The first-order valence-corrected chi connectivity index (χ1v) is 24.4. The number of morpholine rings is 1. The topological polar surface area (TPSA) is 301 Å². The molecule has 0 aliphatic carbocycles. The molecule has 5 amide bonds. The molecule has 6 heterocycles. The average Bonchev–Trinajstić information content (AvgIpc) is 4.12. The number of ether oxygens (including phenoxy) is 3. The van der Waals surface area contributed by atoms with Gasteiger partial charge in [0.1, 0.15) is 33.8 Å². The highest BCUT2D eigenvalue weighted by molar-refractivity contribution is 6.05. The summed E-state index contributed by atoms with van der Waals surface area (Å²) in [4.78, 5) is 83.8. The van der Waals surface area contributed by atoms with Gasteiger partial charge in [-0.15, -0.1) is 0 Å². The van der Waals surface area contributed by atoms with E-state index < -0.39 is 35.3 Å². The summed E-state index contributed by atoms with van der Waals surface area (Å²) in [7, 11) is 1.46.